The highest BCUT2D eigenvalue weighted by Gasteiger charge is 2.28. The summed E-state index contributed by atoms with van der Waals surface area (Å²) in [5, 5.41) is 6.63. The molecule has 12 nitrogen and oxygen atoms in total. The Balaban J connectivity index is 1.13. The van der Waals surface area contributed by atoms with Crippen LogP contribution in [0.4, 0.5) is 37.6 Å². The zero-order valence-corrected chi connectivity index (χ0v) is 28.3. The number of alkyl halides is 2. The zero-order chi connectivity index (χ0) is 33.8. The van der Waals surface area contributed by atoms with Gasteiger partial charge in [-0.2, -0.15) is 4.98 Å². The van der Waals surface area contributed by atoms with Crippen molar-refractivity contribution in [3.63, 3.8) is 0 Å². The lowest BCUT2D eigenvalue weighted by atomic mass is 10.0. The Kier molecular flexibility index (Phi) is 10.4. The Morgan fingerprint density at radius 1 is 0.979 bits per heavy atom. The van der Waals surface area contributed by atoms with E-state index in [-0.39, 0.29) is 29.1 Å². The number of benzene rings is 2. The third-order valence-corrected chi connectivity index (χ3v) is 9.82. The van der Waals surface area contributed by atoms with Crippen LogP contribution in [-0.2, 0) is 15.6 Å². The molecule has 2 saturated heterocycles. The van der Waals surface area contributed by atoms with E-state index in [0.29, 0.717) is 52.9 Å². The second-order valence-corrected chi connectivity index (χ2v) is 14.6. The monoisotopic (exact) mass is 701 g/mol. The molecule has 0 atom stereocenters. The molecule has 0 aliphatic carbocycles. The molecule has 0 spiro atoms. The lowest BCUT2D eigenvalue weighted by Crippen LogP contribution is -2.53. The molecule has 2 aromatic carbocycles. The van der Waals surface area contributed by atoms with Gasteiger partial charge in [-0.1, -0.05) is 11.6 Å². The van der Waals surface area contributed by atoms with Gasteiger partial charge in [-0.3, -0.25) is 19.8 Å². The molecule has 4 heterocycles. The fourth-order valence-corrected chi connectivity index (χ4v) is 7.31. The van der Waals surface area contributed by atoms with Crippen LogP contribution in [0.3, 0.4) is 0 Å². The fraction of sp³-hybridized carbons (Fsp3) is 0.438. The number of aromatic nitrogens is 4. The molecular formula is C32H38ClF2N9O3S. The van der Waals surface area contributed by atoms with E-state index in [1.807, 2.05) is 23.1 Å². The third-order valence-electron chi connectivity index (χ3n) is 8.73. The maximum absolute atomic E-state index is 12.8. The Bertz CT molecular complexity index is 1850. The molecule has 2 aliphatic heterocycles. The van der Waals surface area contributed by atoms with Crippen molar-refractivity contribution in [2.24, 2.45) is 0 Å². The number of hydrogen-bond acceptors (Lipinski definition) is 12. The summed E-state index contributed by atoms with van der Waals surface area (Å²) in [6, 6.07) is 9.85. The quantitative estimate of drug-likeness (QED) is 0.219. The van der Waals surface area contributed by atoms with Crippen LogP contribution in [0.25, 0.3) is 11.0 Å². The topological polar surface area (TPSA) is 129 Å². The molecular weight excluding hydrogens is 664 g/mol. The number of rotatable bonds is 11. The highest BCUT2D eigenvalue weighted by molar-refractivity contribution is 7.89. The van der Waals surface area contributed by atoms with Crippen molar-refractivity contribution in [1.29, 1.82) is 0 Å². The number of sulfone groups is 1. The summed E-state index contributed by atoms with van der Waals surface area (Å²) in [6.45, 7) is 4.66. The number of piperazine rings is 1. The number of ether oxygens (including phenoxy) is 1. The standard InChI is InChI=1S/C32H38ClF2N9O3S/c1-47-28-17-22(43-11-7-21(8-12-43)44-15-13-42(14-16-44)19-29(34)35)3-4-26(28)40-32-38-18-24(33)31(41-32)39-25-5-6-27-30(37-10-9-36-27)23(25)20-48(2,45)46/h3-6,9-10,17-18,21,29H,7-8,11-16,19-20H2,1-2H3,(H2,38,39,40,41). The molecule has 0 radical (unpaired) electrons. The van der Waals surface area contributed by atoms with Gasteiger partial charge in [-0.05, 0) is 37.1 Å². The molecule has 256 valence electrons. The van der Waals surface area contributed by atoms with Crippen molar-refractivity contribution in [2.75, 3.05) is 74.7 Å². The molecule has 0 unspecified atom stereocenters. The van der Waals surface area contributed by atoms with Gasteiger partial charge in [-0.15, -0.1) is 0 Å². The van der Waals surface area contributed by atoms with Gasteiger partial charge in [-0.25, -0.2) is 22.2 Å². The minimum Gasteiger partial charge on any atom is -0.494 e. The van der Waals surface area contributed by atoms with E-state index in [4.69, 9.17) is 16.3 Å². The number of fused-ring (bicyclic) bond motifs is 1. The number of piperidine rings is 1. The summed E-state index contributed by atoms with van der Waals surface area (Å²) >= 11 is 6.48. The third kappa shape index (κ3) is 8.20. The van der Waals surface area contributed by atoms with E-state index in [9.17, 15) is 17.2 Å². The normalized spacial score (nSPS) is 16.8. The van der Waals surface area contributed by atoms with Crippen molar-refractivity contribution in [1.82, 2.24) is 29.7 Å². The number of hydrogen-bond donors (Lipinski definition) is 2. The zero-order valence-electron chi connectivity index (χ0n) is 26.7. The Morgan fingerprint density at radius 3 is 2.42 bits per heavy atom. The van der Waals surface area contributed by atoms with Crippen molar-refractivity contribution in [2.45, 2.75) is 31.1 Å². The average molecular weight is 702 g/mol. The molecule has 0 saturated carbocycles. The lowest BCUT2D eigenvalue weighted by molar-refractivity contribution is 0.0392. The van der Waals surface area contributed by atoms with Gasteiger partial charge >= 0.3 is 0 Å². The van der Waals surface area contributed by atoms with Crippen molar-refractivity contribution in [3.8, 4) is 5.75 Å². The minimum atomic E-state index is -3.40. The summed E-state index contributed by atoms with van der Waals surface area (Å²) in [5.74, 6) is 0.899. The van der Waals surface area contributed by atoms with Crippen LogP contribution in [0.15, 0.2) is 48.9 Å². The summed E-state index contributed by atoms with van der Waals surface area (Å²) in [4.78, 5) is 24.2. The first kappa shape index (κ1) is 34.0. The Hall–Kier alpha value is -3.92. The maximum atomic E-state index is 12.8. The first-order valence-electron chi connectivity index (χ1n) is 15.7. The number of anilines is 5. The van der Waals surface area contributed by atoms with Crippen LogP contribution >= 0.6 is 11.6 Å². The van der Waals surface area contributed by atoms with Crippen LogP contribution < -0.4 is 20.3 Å². The van der Waals surface area contributed by atoms with E-state index in [2.05, 4.69) is 40.4 Å². The summed E-state index contributed by atoms with van der Waals surface area (Å²) in [5.41, 5.74) is 3.68. The SMILES string of the molecule is COc1cc(N2CCC(N3CCN(CC(F)F)CC3)CC2)ccc1Nc1ncc(Cl)c(Nc2ccc3nccnc3c2CS(C)(=O)=O)n1. The molecule has 16 heteroatoms. The van der Waals surface area contributed by atoms with Crippen molar-refractivity contribution < 1.29 is 21.9 Å². The average Bonchev–Trinajstić information content (AvgIpc) is 3.07. The highest BCUT2D eigenvalue weighted by Crippen LogP contribution is 2.35. The lowest BCUT2D eigenvalue weighted by Gasteiger charge is -2.43. The van der Waals surface area contributed by atoms with Crippen LogP contribution in [0, 0.1) is 0 Å². The van der Waals surface area contributed by atoms with E-state index < -0.39 is 16.3 Å². The largest absolute Gasteiger partial charge is 0.494 e. The highest BCUT2D eigenvalue weighted by atomic mass is 35.5. The minimum absolute atomic E-state index is 0.142. The van der Waals surface area contributed by atoms with Gasteiger partial charge < -0.3 is 20.3 Å². The second kappa shape index (κ2) is 14.7. The first-order valence-corrected chi connectivity index (χ1v) is 18.1. The molecule has 2 aliphatic rings. The predicted octanol–water partition coefficient (Wildman–Crippen LogP) is 4.97. The Morgan fingerprint density at radius 2 is 1.71 bits per heavy atom. The van der Waals surface area contributed by atoms with Crippen LogP contribution in [-0.4, -0.2) is 110 Å². The number of methoxy groups -OCH3 is 1. The molecule has 48 heavy (non-hydrogen) atoms. The van der Waals surface area contributed by atoms with E-state index in [0.717, 1.165) is 51.0 Å². The van der Waals surface area contributed by atoms with Crippen molar-refractivity contribution in [3.05, 3.63) is 59.5 Å². The smallest absolute Gasteiger partial charge is 0.251 e. The fourth-order valence-electron chi connectivity index (χ4n) is 6.36. The molecule has 6 rings (SSSR count). The maximum Gasteiger partial charge on any atom is 0.251 e. The van der Waals surface area contributed by atoms with Crippen LogP contribution in [0.2, 0.25) is 5.02 Å². The number of halogens is 3. The number of nitrogens with one attached hydrogen (secondary N) is 2. The van der Waals surface area contributed by atoms with Crippen LogP contribution in [0.5, 0.6) is 5.75 Å². The van der Waals surface area contributed by atoms with E-state index in [1.54, 1.807) is 25.4 Å². The first-order chi connectivity index (χ1) is 23.1. The summed E-state index contributed by atoms with van der Waals surface area (Å²) in [6.07, 6.45) is 5.41. The van der Waals surface area contributed by atoms with Gasteiger partial charge in [0.2, 0.25) is 5.95 Å². The molecule has 4 aromatic rings. The molecule has 2 N–H and O–H groups in total. The molecule has 2 fully saturated rings. The molecule has 0 amide bonds. The van der Waals surface area contributed by atoms with Gasteiger partial charge in [0.15, 0.2) is 15.7 Å². The van der Waals surface area contributed by atoms with Crippen LogP contribution in [0.1, 0.15) is 18.4 Å². The molecule has 0 bridgehead atoms. The number of nitrogens with zero attached hydrogens (tertiary/aromatic N) is 7. The predicted molar refractivity (Wildman–Crippen MR) is 184 cm³/mol. The summed E-state index contributed by atoms with van der Waals surface area (Å²) < 4.78 is 55.8. The van der Waals surface area contributed by atoms with Gasteiger partial charge in [0.1, 0.15) is 10.8 Å². The van der Waals surface area contributed by atoms with Gasteiger partial charge in [0, 0.05) is 87.0 Å². The van der Waals surface area contributed by atoms with E-state index in [1.165, 1.54) is 12.4 Å². The van der Waals surface area contributed by atoms with Gasteiger partial charge in [0.25, 0.3) is 6.43 Å². The summed E-state index contributed by atoms with van der Waals surface area (Å²) in [7, 11) is -1.80. The van der Waals surface area contributed by atoms with Gasteiger partial charge in [0.05, 0.1) is 42.3 Å². The second-order valence-electron chi connectivity index (χ2n) is 12.1. The Labute approximate surface area is 283 Å². The van der Waals surface area contributed by atoms with E-state index >= 15 is 0 Å². The van der Waals surface area contributed by atoms with Crippen molar-refractivity contribution >= 4 is 61.3 Å². The molecule has 2 aromatic heterocycles.